The number of nitrogens with zero attached hydrogens (tertiary/aromatic N) is 4. The summed E-state index contributed by atoms with van der Waals surface area (Å²) in [7, 11) is 0. The highest BCUT2D eigenvalue weighted by Crippen LogP contribution is 2.18. The first kappa shape index (κ1) is 21.3. The maximum Gasteiger partial charge on any atom is 0.317 e. The summed E-state index contributed by atoms with van der Waals surface area (Å²) in [5.41, 5.74) is 1.81. The van der Waals surface area contributed by atoms with Crippen molar-refractivity contribution in [2.75, 3.05) is 26.2 Å². The van der Waals surface area contributed by atoms with Crippen LogP contribution in [0.25, 0.3) is 5.69 Å². The third-order valence-electron chi connectivity index (χ3n) is 4.94. The maximum absolute atomic E-state index is 13.0. The van der Waals surface area contributed by atoms with Crippen molar-refractivity contribution in [1.82, 2.24) is 19.6 Å². The molecule has 1 aromatic heterocycles. The molecule has 8 heteroatoms. The van der Waals surface area contributed by atoms with E-state index in [0.29, 0.717) is 6.04 Å². The number of piperidine rings is 1. The van der Waals surface area contributed by atoms with E-state index in [-0.39, 0.29) is 24.8 Å². The van der Waals surface area contributed by atoms with Crippen LogP contribution in [0.3, 0.4) is 0 Å². The minimum atomic E-state index is -0.763. The Hall–Kier alpha value is -1.96. The summed E-state index contributed by atoms with van der Waals surface area (Å²) in [5.74, 6) is -1.02. The molecule has 0 unspecified atom stereocenters. The van der Waals surface area contributed by atoms with Gasteiger partial charge in [-0.25, -0.2) is 9.07 Å². The lowest BCUT2D eigenvalue weighted by atomic mass is 10.0. The van der Waals surface area contributed by atoms with Gasteiger partial charge in [0.25, 0.3) is 0 Å². The molecule has 3 rings (SSSR count). The number of hydrogen-bond donors (Lipinski definition) is 1. The van der Waals surface area contributed by atoms with Gasteiger partial charge in [-0.2, -0.15) is 5.10 Å². The van der Waals surface area contributed by atoms with Crippen molar-refractivity contribution in [2.45, 2.75) is 32.4 Å². The number of rotatable bonds is 7. The summed E-state index contributed by atoms with van der Waals surface area (Å²) in [5, 5.41) is 13.6. The van der Waals surface area contributed by atoms with E-state index >= 15 is 0 Å². The first-order valence-electron chi connectivity index (χ1n) is 9.04. The molecule has 2 aromatic rings. The molecule has 0 atom stereocenters. The lowest BCUT2D eigenvalue weighted by Gasteiger charge is -2.37. The van der Waals surface area contributed by atoms with Crippen molar-refractivity contribution in [3.63, 3.8) is 0 Å². The average Bonchev–Trinajstić information content (AvgIpc) is 3.09. The topological polar surface area (TPSA) is 61.6 Å². The molecule has 0 spiro atoms. The number of aromatic nitrogens is 2. The Morgan fingerprint density at radius 1 is 1.26 bits per heavy atom. The van der Waals surface area contributed by atoms with E-state index < -0.39 is 5.97 Å². The van der Waals surface area contributed by atoms with Gasteiger partial charge in [-0.3, -0.25) is 14.6 Å². The van der Waals surface area contributed by atoms with Gasteiger partial charge in [0.05, 0.1) is 17.9 Å². The largest absolute Gasteiger partial charge is 0.480 e. The number of hydrogen-bond acceptors (Lipinski definition) is 4. The molecule has 0 aliphatic carbocycles. The molecule has 148 valence electrons. The number of carbonyl (C=O) groups is 1. The first-order chi connectivity index (χ1) is 12.5. The molecule has 2 heterocycles. The molecule has 0 saturated carbocycles. The number of carboxylic acids is 1. The van der Waals surface area contributed by atoms with Crippen LogP contribution in [0.1, 0.15) is 25.5 Å². The van der Waals surface area contributed by atoms with Gasteiger partial charge in [0.1, 0.15) is 5.82 Å². The fourth-order valence-electron chi connectivity index (χ4n) is 3.53. The monoisotopic (exact) mass is 396 g/mol. The zero-order chi connectivity index (χ0) is 18.5. The third-order valence-corrected chi connectivity index (χ3v) is 4.94. The minimum Gasteiger partial charge on any atom is -0.480 e. The van der Waals surface area contributed by atoms with E-state index in [4.69, 9.17) is 5.11 Å². The van der Waals surface area contributed by atoms with E-state index in [1.807, 2.05) is 24.1 Å². The van der Waals surface area contributed by atoms with Crippen molar-refractivity contribution in [3.8, 4) is 5.69 Å². The number of likely N-dealkylation sites (tertiary alicyclic amines) is 1. The molecular weight excluding hydrogens is 371 g/mol. The fourth-order valence-corrected chi connectivity index (χ4v) is 3.53. The van der Waals surface area contributed by atoms with Crippen LogP contribution in [-0.4, -0.2) is 62.9 Å². The number of likely N-dealkylation sites (N-methyl/N-ethyl adjacent to an activating group) is 1. The number of benzene rings is 1. The molecule has 6 nitrogen and oxygen atoms in total. The van der Waals surface area contributed by atoms with E-state index in [9.17, 15) is 9.18 Å². The van der Waals surface area contributed by atoms with Gasteiger partial charge in [-0.1, -0.05) is 6.92 Å². The Morgan fingerprint density at radius 3 is 2.52 bits per heavy atom. The highest BCUT2D eigenvalue weighted by atomic mass is 35.5. The summed E-state index contributed by atoms with van der Waals surface area (Å²) in [6.07, 6.45) is 3.83. The summed E-state index contributed by atoms with van der Waals surface area (Å²) in [6.45, 7) is 5.53. The smallest absolute Gasteiger partial charge is 0.317 e. The molecule has 1 aliphatic rings. The highest BCUT2D eigenvalue weighted by molar-refractivity contribution is 5.85. The molecule has 0 amide bonds. The van der Waals surface area contributed by atoms with E-state index in [1.165, 1.54) is 12.1 Å². The molecule has 27 heavy (non-hydrogen) atoms. The molecule has 1 aromatic carbocycles. The van der Waals surface area contributed by atoms with Crippen LogP contribution in [0.4, 0.5) is 4.39 Å². The Morgan fingerprint density at radius 2 is 1.93 bits per heavy atom. The van der Waals surface area contributed by atoms with Crippen LogP contribution < -0.4 is 0 Å². The summed E-state index contributed by atoms with van der Waals surface area (Å²) in [6, 6.07) is 8.59. The van der Waals surface area contributed by atoms with Crippen molar-refractivity contribution in [2.24, 2.45) is 0 Å². The van der Waals surface area contributed by atoms with Crippen LogP contribution in [0, 0.1) is 5.82 Å². The standard InChI is InChI=1S/C19H25FN4O2.ClH/c1-2-23(14-19(25)26)17-8-10-22(11-9-17)13-16-7-12-24(21-16)18-5-3-15(20)4-6-18;/h3-7,12,17H,2,8-11,13-14H2,1H3,(H,25,26);1H. The number of aliphatic carboxylic acids is 1. The maximum atomic E-state index is 13.0. The van der Waals surface area contributed by atoms with Crippen LogP contribution >= 0.6 is 12.4 Å². The summed E-state index contributed by atoms with van der Waals surface area (Å²) in [4.78, 5) is 15.4. The quantitative estimate of drug-likeness (QED) is 0.779. The zero-order valence-electron chi connectivity index (χ0n) is 15.4. The predicted molar refractivity (Wildman–Crippen MR) is 104 cm³/mol. The zero-order valence-corrected chi connectivity index (χ0v) is 16.2. The molecule has 1 fully saturated rings. The second-order valence-corrected chi connectivity index (χ2v) is 6.69. The highest BCUT2D eigenvalue weighted by Gasteiger charge is 2.25. The molecule has 0 bridgehead atoms. The van der Waals surface area contributed by atoms with E-state index in [0.717, 1.165) is 50.4 Å². The molecule has 1 N–H and O–H groups in total. The van der Waals surface area contributed by atoms with E-state index in [1.54, 1.807) is 16.8 Å². The Kier molecular flexibility index (Phi) is 7.77. The van der Waals surface area contributed by atoms with Crippen molar-refractivity contribution < 1.29 is 14.3 Å². The average molecular weight is 397 g/mol. The Labute approximate surface area is 165 Å². The van der Waals surface area contributed by atoms with Gasteiger partial charge in [-0.15, -0.1) is 12.4 Å². The Balaban J connectivity index is 0.00000261. The summed E-state index contributed by atoms with van der Waals surface area (Å²) < 4.78 is 14.8. The minimum absolute atomic E-state index is 0. The van der Waals surface area contributed by atoms with Crippen molar-refractivity contribution >= 4 is 18.4 Å². The van der Waals surface area contributed by atoms with E-state index in [2.05, 4.69) is 10.00 Å². The first-order valence-corrected chi connectivity index (χ1v) is 9.04. The number of carboxylic acid groups (broad SMARTS) is 1. The van der Waals surface area contributed by atoms with Gasteiger partial charge in [-0.05, 0) is 49.7 Å². The third kappa shape index (κ3) is 5.76. The predicted octanol–water partition coefficient (Wildman–Crippen LogP) is 2.80. The van der Waals surface area contributed by atoms with Crippen molar-refractivity contribution in [3.05, 3.63) is 48.0 Å². The van der Waals surface area contributed by atoms with Gasteiger partial charge in [0.15, 0.2) is 0 Å². The van der Waals surface area contributed by atoms with Crippen LogP contribution in [0.2, 0.25) is 0 Å². The lowest BCUT2D eigenvalue weighted by Crippen LogP contribution is -2.46. The van der Waals surface area contributed by atoms with Crippen LogP contribution in [0.15, 0.2) is 36.5 Å². The molecular formula is C19H26ClFN4O2. The van der Waals surface area contributed by atoms with Gasteiger partial charge in [0, 0.05) is 31.9 Å². The van der Waals surface area contributed by atoms with Gasteiger partial charge < -0.3 is 5.11 Å². The normalized spacial score (nSPS) is 15.7. The second-order valence-electron chi connectivity index (χ2n) is 6.69. The van der Waals surface area contributed by atoms with Gasteiger partial charge in [0.2, 0.25) is 0 Å². The fraction of sp³-hybridized carbons (Fsp3) is 0.474. The SMILES string of the molecule is CCN(CC(=O)O)C1CCN(Cc2ccn(-c3ccc(F)cc3)n2)CC1.Cl. The van der Waals surface area contributed by atoms with Crippen molar-refractivity contribution in [1.29, 1.82) is 0 Å². The van der Waals surface area contributed by atoms with Gasteiger partial charge >= 0.3 is 5.97 Å². The lowest BCUT2D eigenvalue weighted by molar-refractivity contribution is -0.139. The number of halogens is 2. The van der Waals surface area contributed by atoms with Crippen LogP contribution in [0.5, 0.6) is 0 Å². The summed E-state index contributed by atoms with van der Waals surface area (Å²) >= 11 is 0. The molecule has 1 saturated heterocycles. The van der Waals surface area contributed by atoms with Crippen LogP contribution in [-0.2, 0) is 11.3 Å². The molecule has 0 radical (unpaired) electrons. The molecule has 1 aliphatic heterocycles. The Bertz CT molecular complexity index is 730. The second kappa shape index (κ2) is 9.82.